The Hall–Kier alpha value is -0.510. The number of benzene rings is 1. The van der Waals surface area contributed by atoms with Crippen LogP contribution in [0.1, 0.15) is 24.5 Å². The zero-order valence-electron chi connectivity index (χ0n) is 12.0. The Kier molecular flexibility index (Phi) is 6.21. The van der Waals surface area contributed by atoms with Crippen LogP contribution in [-0.2, 0) is 12.8 Å². The number of fused-ring (bicyclic) bond motifs is 1. The van der Waals surface area contributed by atoms with Crippen molar-refractivity contribution in [3.8, 4) is 0 Å². The third kappa shape index (κ3) is 4.23. The monoisotopic (exact) mass is 278 g/mol. The lowest BCUT2D eigenvalue weighted by Gasteiger charge is -2.29. The molecule has 3 heteroatoms. The molecule has 0 bridgehead atoms. The van der Waals surface area contributed by atoms with Crippen molar-refractivity contribution in [2.24, 2.45) is 5.73 Å². The van der Waals surface area contributed by atoms with E-state index in [4.69, 9.17) is 5.73 Å². The highest BCUT2D eigenvalue weighted by Crippen LogP contribution is 2.18. The Bertz CT molecular complexity index is 354. The van der Waals surface area contributed by atoms with Gasteiger partial charge in [0.05, 0.1) is 0 Å². The van der Waals surface area contributed by atoms with Gasteiger partial charge >= 0.3 is 0 Å². The third-order valence-corrected chi connectivity index (χ3v) is 4.98. The molecule has 2 N–H and O–H groups in total. The molecule has 2 rings (SSSR count). The molecule has 1 aromatic rings. The number of hydrogen-bond acceptors (Lipinski definition) is 3. The second kappa shape index (κ2) is 7.93. The van der Waals surface area contributed by atoms with E-state index in [1.165, 1.54) is 41.9 Å². The highest BCUT2D eigenvalue weighted by molar-refractivity contribution is 7.99. The van der Waals surface area contributed by atoms with Gasteiger partial charge in [-0.15, -0.1) is 0 Å². The van der Waals surface area contributed by atoms with E-state index in [-0.39, 0.29) is 0 Å². The molecule has 106 valence electrons. The maximum absolute atomic E-state index is 5.99. The maximum atomic E-state index is 5.99. The molecule has 0 aromatic heterocycles. The molecule has 0 amide bonds. The van der Waals surface area contributed by atoms with Gasteiger partial charge in [0.1, 0.15) is 0 Å². The quantitative estimate of drug-likeness (QED) is 0.811. The van der Waals surface area contributed by atoms with E-state index in [2.05, 4.69) is 36.1 Å². The minimum Gasteiger partial charge on any atom is -0.329 e. The zero-order chi connectivity index (χ0) is 13.5. The molecule has 0 aliphatic carbocycles. The molecule has 1 aliphatic heterocycles. The van der Waals surface area contributed by atoms with E-state index in [0.29, 0.717) is 6.04 Å². The molecular weight excluding hydrogens is 252 g/mol. The second-order valence-corrected chi connectivity index (χ2v) is 6.57. The van der Waals surface area contributed by atoms with Crippen molar-refractivity contribution in [3.63, 3.8) is 0 Å². The highest BCUT2D eigenvalue weighted by atomic mass is 32.2. The van der Waals surface area contributed by atoms with Gasteiger partial charge in [0.15, 0.2) is 0 Å². The predicted molar refractivity (Wildman–Crippen MR) is 85.9 cm³/mol. The summed E-state index contributed by atoms with van der Waals surface area (Å²) >= 11 is 2.03. The molecule has 1 unspecified atom stereocenters. The lowest BCUT2D eigenvalue weighted by atomic mass is 10.0. The molecule has 1 heterocycles. The van der Waals surface area contributed by atoms with E-state index in [0.717, 1.165) is 19.6 Å². The summed E-state index contributed by atoms with van der Waals surface area (Å²) in [5.41, 5.74) is 9.05. The van der Waals surface area contributed by atoms with Gasteiger partial charge in [-0.2, -0.15) is 11.8 Å². The molecule has 0 fully saturated rings. The summed E-state index contributed by atoms with van der Waals surface area (Å²) < 4.78 is 0. The standard InChI is InChI=1S/C16H26N2S/c1-2-19-12-9-16(13-17)18-10-7-14-5-3-4-6-15(14)8-11-18/h3-6,16H,2,7-13,17H2,1H3. The molecule has 1 aliphatic rings. The summed E-state index contributed by atoms with van der Waals surface area (Å²) in [7, 11) is 0. The highest BCUT2D eigenvalue weighted by Gasteiger charge is 2.20. The summed E-state index contributed by atoms with van der Waals surface area (Å²) in [5, 5.41) is 0. The van der Waals surface area contributed by atoms with Gasteiger partial charge in [0, 0.05) is 25.7 Å². The van der Waals surface area contributed by atoms with Crippen molar-refractivity contribution < 1.29 is 0 Å². The fraction of sp³-hybridized carbons (Fsp3) is 0.625. The maximum Gasteiger partial charge on any atom is 0.0226 e. The Morgan fingerprint density at radius 3 is 2.37 bits per heavy atom. The number of rotatable bonds is 6. The Balaban J connectivity index is 1.92. The van der Waals surface area contributed by atoms with Crippen LogP contribution in [0.15, 0.2) is 24.3 Å². The fourth-order valence-corrected chi connectivity index (χ4v) is 3.59. The normalized spacial score (nSPS) is 17.8. The lowest BCUT2D eigenvalue weighted by molar-refractivity contribution is 0.205. The molecule has 0 spiro atoms. The van der Waals surface area contributed by atoms with Crippen molar-refractivity contribution in [2.75, 3.05) is 31.1 Å². The number of thioether (sulfide) groups is 1. The first-order chi connectivity index (χ1) is 9.35. The molecule has 1 atom stereocenters. The molecule has 0 saturated heterocycles. The topological polar surface area (TPSA) is 29.3 Å². The number of nitrogens with two attached hydrogens (primary N) is 1. The minimum atomic E-state index is 0.563. The van der Waals surface area contributed by atoms with Crippen LogP contribution in [0, 0.1) is 0 Å². The van der Waals surface area contributed by atoms with Crippen molar-refractivity contribution in [1.29, 1.82) is 0 Å². The number of nitrogens with zero attached hydrogens (tertiary/aromatic N) is 1. The van der Waals surface area contributed by atoms with Gasteiger partial charge in [-0.25, -0.2) is 0 Å². The Labute approximate surface area is 121 Å². The third-order valence-electron chi connectivity index (χ3n) is 4.04. The van der Waals surface area contributed by atoms with Crippen molar-refractivity contribution >= 4 is 11.8 Å². The van der Waals surface area contributed by atoms with Crippen LogP contribution in [0.25, 0.3) is 0 Å². The van der Waals surface area contributed by atoms with Crippen LogP contribution in [-0.4, -0.2) is 42.1 Å². The van der Waals surface area contributed by atoms with Crippen LogP contribution in [0.2, 0.25) is 0 Å². The average molecular weight is 278 g/mol. The smallest absolute Gasteiger partial charge is 0.0226 e. The Morgan fingerprint density at radius 1 is 1.21 bits per heavy atom. The van der Waals surface area contributed by atoms with E-state index in [9.17, 15) is 0 Å². The van der Waals surface area contributed by atoms with Gasteiger partial charge in [-0.05, 0) is 41.9 Å². The van der Waals surface area contributed by atoms with Crippen LogP contribution in [0.4, 0.5) is 0 Å². The second-order valence-electron chi connectivity index (χ2n) is 5.18. The zero-order valence-corrected chi connectivity index (χ0v) is 12.8. The summed E-state index contributed by atoms with van der Waals surface area (Å²) in [6, 6.07) is 9.44. The minimum absolute atomic E-state index is 0.563. The van der Waals surface area contributed by atoms with Crippen molar-refractivity contribution in [2.45, 2.75) is 32.2 Å². The average Bonchev–Trinajstić information content (AvgIpc) is 2.66. The van der Waals surface area contributed by atoms with E-state index in [1.54, 1.807) is 0 Å². The summed E-state index contributed by atoms with van der Waals surface area (Å²) in [4.78, 5) is 2.61. The van der Waals surface area contributed by atoms with Crippen molar-refractivity contribution in [3.05, 3.63) is 35.4 Å². The van der Waals surface area contributed by atoms with E-state index in [1.807, 2.05) is 11.8 Å². The van der Waals surface area contributed by atoms with Crippen LogP contribution >= 0.6 is 11.8 Å². The van der Waals surface area contributed by atoms with Gasteiger partial charge in [-0.3, -0.25) is 4.90 Å². The first-order valence-electron chi connectivity index (χ1n) is 7.43. The molecule has 19 heavy (non-hydrogen) atoms. The van der Waals surface area contributed by atoms with E-state index >= 15 is 0 Å². The number of hydrogen-bond donors (Lipinski definition) is 1. The summed E-state index contributed by atoms with van der Waals surface area (Å²) in [6.45, 7) is 5.34. The molecular formula is C16H26N2S. The molecule has 1 aromatic carbocycles. The SMILES string of the molecule is CCSCCC(CN)N1CCc2ccccc2CC1. The molecule has 0 radical (unpaired) electrons. The van der Waals surface area contributed by atoms with Gasteiger partial charge in [0.2, 0.25) is 0 Å². The Morgan fingerprint density at radius 2 is 1.84 bits per heavy atom. The predicted octanol–water partition coefficient (Wildman–Crippen LogP) is 2.56. The summed E-state index contributed by atoms with van der Waals surface area (Å²) in [5.74, 6) is 2.45. The molecule has 0 saturated carbocycles. The van der Waals surface area contributed by atoms with Crippen LogP contribution < -0.4 is 5.73 Å². The van der Waals surface area contributed by atoms with Crippen LogP contribution in [0.3, 0.4) is 0 Å². The van der Waals surface area contributed by atoms with Gasteiger partial charge < -0.3 is 5.73 Å². The van der Waals surface area contributed by atoms with Gasteiger partial charge in [-0.1, -0.05) is 31.2 Å². The molecule has 2 nitrogen and oxygen atoms in total. The van der Waals surface area contributed by atoms with E-state index < -0.39 is 0 Å². The lowest BCUT2D eigenvalue weighted by Crippen LogP contribution is -2.42. The van der Waals surface area contributed by atoms with Gasteiger partial charge in [0.25, 0.3) is 0 Å². The fourth-order valence-electron chi connectivity index (χ4n) is 2.86. The van der Waals surface area contributed by atoms with Crippen LogP contribution in [0.5, 0.6) is 0 Å². The summed E-state index contributed by atoms with van der Waals surface area (Å²) in [6.07, 6.45) is 3.58. The largest absolute Gasteiger partial charge is 0.329 e. The first kappa shape index (κ1) is 14.9. The first-order valence-corrected chi connectivity index (χ1v) is 8.59. The van der Waals surface area contributed by atoms with Crippen molar-refractivity contribution in [1.82, 2.24) is 4.90 Å².